The number of methoxy groups -OCH3 is 1. The number of aliphatic hydroxyl groups is 1. The van der Waals surface area contributed by atoms with Crippen molar-refractivity contribution in [1.82, 2.24) is 0 Å². The van der Waals surface area contributed by atoms with E-state index in [9.17, 15) is 5.11 Å². The third kappa shape index (κ3) is 3.13. The molecule has 0 radical (unpaired) electrons. The lowest BCUT2D eigenvalue weighted by Crippen LogP contribution is -2.09. The highest BCUT2D eigenvalue weighted by molar-refractivity contribution is 6.32. The molecule has 0 aromatic heterocycles. The average Bonchev–Trinajstić information content (AvgIpc) is 2.29. The Bertz CT molecular complexity index is 339. The molecule has 0 spiro atoms. The number of hydrogen-bond acceptors (Lipinski definition) is 2. The molecule has 1 rings (SSSR count). The minimum Gasteiger partial charge on any atom is -0.495 e. The number of halogens is 1. The van der Waals surface area contributed by atoms with Gasteiger partial charge in [0.15, 0.2) is 0 Å². The van der Waals surface area contributed by atoms with Crippen LogP contribution < -0.4 is 4.74 Å². The Labute approximate surface area is 102 Å². The van der Waals surface area contributed by atoms with E-state index < -0.39 is 6.10 Å². The van der Waals surface area contributed by atoms with Crippen LogP contribution >= 0.6 is 11.6 Å². The summed E-state index contributed by atoms with van der Waals surface area (Å²) in [6, 6.07) is 5.42. The zero-order chi connectivity index (χ0) is 12.1. The average molecular weight is 243 g/mol. The van der Waals surface area contributed by atoms with E-state index in [4.69, 9.17) is 16.3 Å². The van der Waals surface area contributed by atoms with Crippen LogP contribution in [0.25, 0.3) is 0 Å². The first-order valence-electron chi connectivity index (χ1n) is 5.61. The van der Waals surface area contributed by atoms with E-state index in [1.807, 2.05) is 6.07 Å². The number of ether oxygens (including phenoxy) is 1. The predicted molar refractivity (Wildman–Crippen MR) is 67.0 cm³/mol. The van der Waals surface area contributed by atoms with Gasteiger partial charge in [0.2, 0.25) is 0 Å². The van der Waals surface area contributed by atoms with Crippen molar-refractivity contribution in [1.29, 1.82) is 0 Å². The van der Waals surface area contributed by atoms with Gasteiger partial charge in [0.05, 0.1) is 18.2 Å². The molecule has 0 fully saturated rings. The summed E-state index contributed by atoms with van der Waals surface area (Å²) in [7, 11) is 1.58. The second-order valence-electron chi connectivity index (χ2n) is 4.10. The summed E-state index contributed by atoms with van der Waals surface area (Å²) in [6.07, 6.45) is 1.63. The molecule has 0 aliphatic carbocycles. The lowest BCUT2D eigenvalue weighted by molar-refractivity contribution is 0.112. The van der Waals surface area contributed by atoms with E-state index in [-0.39, 0.29) is 5.92 Å². The molecule has 1 aromatic rings. The van der Waals surface area contributed by atoms with Gasteiger partial charge in [-0.3, -0.25) is 0 Å². The standard InChI is InChI=1S/C13H19ClO2/c1-4-5-9(2)13(15)10-6-7-11(14)12(8-10)16-3/h6-9,13,15H,4-5H2,1-3H3. The van der Waals surface area contributed by atoms with Crippen molar-refractivity contribution in [2.75, 3.05) is 7.11 Å². The molecule has 0 amide bonds. The molecular formula is C13H19ClO2. The van der Waals surface area contributed by atoms with Crippen LogP contribution in [0.3, 0.4) is 0 Å². The normalized spacial score (nSPS) is 14.6. The molecule has 90 valence electrons. The molecule has 0 heterocycles. The fourth-order valence-corrected chi connectivity index (χ4v) is 2.00. The fourth-order valence-electron chi connectivity index (χ4n) is 1.80. The van der Waals surface area contributed by atoms with Gasteiger partial charge in [0.1, 0.15) is 5.75 Å². The molecule has 0 aliphatic rings. The molecule has 3 heteroatoms. The highest BCUT2D eigenvalue weighted by Gasteiger charge is 2.16. The summed E-state index contributed by atoms with van der Waals surface area (Å²) >= 11 is 5.94. The van der Waals surface area contributed by atoms with Gasteiger partial charge in [0, 0.05) is 0 Å². The number of benzene rings is 1. The molecular weight excluding hydrogens is 224 g/mol. The summed E-state index contributed by atoms with van der Waals surface area (Å²) in [4.78, 5) is 0. The highest BCUT2D eigenvalue weighted by atomic mass is 35.5. The minimum atomic E-state index is -0.453. The molecule has 2 unspecified atom stereocenters. The maximum atomic E-state index is 10.1. The lowest BCUT2D eigenvalue weighted by Gasteiger charge is -2.19. The van der Waals surface area contributed by atoms with Gasteiger partial charge in [-0.1, -0.05) is 37.9 Å². The predicted octanol–water partition coefficient (Wildman–Crippen LogP) is 3.82. The quantitative estimate of drug-likeness (QED) is 0.851. The van der Waals surface area contributed by atoms with Gasteiger partial charge in [-0.2, -0.15) is 0 Å². The van der Waals surface area contributed by atoms with E-state index >= 15 is 0 Å². The second kappa shape index (κ2) is 6.12. The van der Waals surface area contributed by atoms with Gasteiger partial charge in [-0.05, 0) is 30.0 Å². The Hall–Kier alpha value is -0.730. The summed E-state index contributed by atoms with van der Waals surface area (Å²) < 4.78 is 5.13. The number of hydrogen-bond donors (Lipinski definition) is 1. The van der Waals surface area contributed by atoms with Gasteiger partial charge in [0.25, 0.3) is 0 Å². The topological polar surface area (TPSA) is 29.5 Å². The second-order valence-corrected chi connectivity index (χ2v) is 4.51. The molecule has 0 aliphatic heterocycles. The molecule has 0 saturated carbocycles. The zero-order valence-corrected chi connectivity index (χ0v) is 10.8. The van der Waals surface area contributed by atoms with E-state index in [1.54, 1.807) is 19.2 Å². The van der Waals surface area contributed by atoms with Gasteiger partial charge >= 0.3 is 0 Å². The van der Waals surface area contributed by atoms with Crippen LogP contribution in [0.1, 0.15) is 38.4 Å². The van der Waals surface area contributed by atoms with Crippen molar-refractivity contribution in [3.63, 3.8) is 0 Å². The van der Waals surface area contributed by atoms with Gasteiger partial charge < -0.3 is 9.84 Å². The molecule has 16 heavy (non-hydrogen) atoms. The summed E-state index contributed by atoms with van der Waals surface area (Å²) in [5.41, 5.74) is 0.863. The Balaban J connectivity index is 2.87. The van der Waals surface area contributed by atoms with E-state index in [0.29, 0.717) is 10.8 Å². The molecule has 0 saturated heterocycles. The van der Waals surface area contributed by atoms with E-state index in [2.05, 4.69) is 13.8 Å². The van der Waals surface area contributed by atoms with E-state index in [0.717, 1.165) is 18.4 Å². The SMILES string of the molecule is CCCC(C)C(O)c1ccc(Cl)c(OC)c1. The van der Waals surface area contributed by atoms with Crippen molar-refractivity contribution < 1.29 is 9.84 Å². The summed E-state index contributed by atoms with van der Waals surface area (Å²) in [5.74, 6) is 0.859. The third-order valence-corrected chi connectivity index (χ3v) is 3.11. The first kappa shape index (κ1) is 13.3. The lowest BCUT2D eigenvalue weighted by atomic mass is 9.93. The number of aliphatic hydroxyl groups excluding tert-OH is 1. The monoisotopic (exact) mass is 242 g/mol. The first-order valence-corrected chi connectivity index (χ1v) is 5.99. The molecule has 1 N–H and O–H groups in total. The molecule has 2 nitrogen and oxygen atoms in total. The zero-order valence-electron chi connectivity index (χ0n) is 10.0. The van der Waals surface area contributed by atoms with Crippen molar-refractivity contribution in [2.45, 2.75) is 32.8 Å². The summed E-state index contributed by atoms with van der Waals surface area (Å²) in [5, 5.41) is 10.7. The first-order chi connectivity index (χ1) is 7.60. The van der Waals surface area contributed by atoms with Crippen LogP contribution in [0, 0.1) is 5.92 Å². The van der Waals surface area contributed by atoms with Crippen molar-refractivity contribution in [3.8, 4) is 5.75 Å². The van der Waals surface area contributed by atoms with Crippen molar-refractivity contribution >= 4 is 11.6 Å². The Kier molecular flexibility index (Phi) is 5.10. The largest absolute Gasteiger partial charge is 0.495 e. The maximum Gasteiger partial charge on any atom is 0.137 e. The highest BCUT2D eigenvalue weighted by Crippen LogP contribution is 2.31. The smallest absolute Gasteiger partial charge is 0.137 e. The van der Waals surface area contributed by atoms with Gasteiger partial charge in [-0.15, -0.1) is 0 Å². The molecule has 0 bridgehead atoms. The Morgan fingerprint density at radius 1 is 1.44 bits per heavy atom. The van der Waals surface area contributed by atoms with Crippen molar-refractivity contribution in [2.24, 2.45) is 5.92 Å². The van der Waals surface area contributed by atoms with Crippen LogP contribution in [0.15, 0.2) is 18.2 Å². The summed E-state index contributed by atoms with van der Waals surface area (Å²) in [6.45, 7) is 4.17. The van der Waals surface area contributed by atoms with E-state index in [1.165, 1.54) is 0 Å². The molecule has 1 aromatic carbocycles. The van der Waals surface area contributed by atoms with Crippen LogP contribution in [-0.2, 0) is 0 Å². The fraction of sp³-hybridized carbons (Fsp3) is 0.538. The van der Waals surface area contributed by atoms with Crippen LogP contribution in [0.5, 0.6) is 5.75 Å². The van der Waals surface area contributed by atoms with Crippen molar-refractivity contribution in [3.05, 3.63) is 28.8 Å². The maximum absolute atomic E-state index is 10.1. The minimum absolute atomic E-state index is 0.246. The van der Waals surface area contributed by atoms with Crippen LogP contribution in [0.2, 0.25) is 5.02 Å². The molecule has 2 atom stereocenters. The van der Waals surface area contributed by atoms with Crippen LogP contribution in [-0.4, -0.2) is 12.2 Å². The van der Waals surface area contributed by atoms with Crippen LogP contribution in [0.4, 0.5) is 0 Å². The third-order valence-electron chi connectivity index (χ3n) is 2.80. The Morgan fingerprint density at radius 2 is 2.12 bits per heavy atom. The number of rotatable bonds is 5. The van der Waals surface area contributed by atoms with Gasteiger partial charge in [-0.25, -0.2) is 0 Å². The Morgan fingerprint density at radius 3 is 2.69 bits per heavy atom.